The van der Waals surface area contributed by atoms with Crippen LogP contribution in [0.5, 0.6) is 0 Å². The average molecular weight is 316 g/mol. The highest BCUT2D eigenvalue weighted by Crippen LogP contribution is 2.44. The van der Waals surface area contributed by atoms with Gasteiger partial charge in [-0.3, -0.25) is 4.79 Å². The number of rotatable bonds is 1. The summed E-state index contributed by atoms with van der Waals surface area (Å²) < 4.78 is 5.62. The number of fused-ring (bicyclic) bond motifs is 1. The van der Waals surface area contributed by atoms with Crippen molar-refractivity contribution in [2.45, 2.75) is 25.2 Å². The Hall–Kier alpha value is -3.06. The summed E-state index contributed by atoms with van der Waals surface area (Å²) in [6.45, 7) is 0. The third-order valence-electron chi connectivity index (χ3n) is 4.74. The van der Waals surface area contributed by atoms with E-state index in [1.165, 1.54) is 0 Å². The van der Waals surface area contributed by atoms with Crippen molar-refractivity contribution in [3.05, 3.63) is 70.8 Å². The molecule has 1 atom stereocenters. The van der Waals surface area contributed by atoms with E-state index in [0.29, 0.717) is 29.7 Å². The van der Waals surface area contributed by atoms with Crippen LogP contribution >= 0.6 is 0 Å². The van der Waals surface area contributed by atoms with Crippen molar-refractivity contribution < 1.29 is 9.53 Å². The second-order valence-corrected chi connectivity index (χ2v) is 6.11. The first-order chi connectivity index (χ1) is 11.7. The molecule has 118 valence electrons. The molecule has 4 nitrogen and oxygen atoms in total. The van der Waals surface area contributed by atoms with Crippen LogP contribution in [-0.4, -0.2) is 5.78 Å². The molecular weight excluding hydrogens is 300 g/mol. The molecule has 24 heavy (non-hydrogen) atoms. The maximum atomic E-state index is 12.6. The molecule has 0 amide bonds. The van der Waals surface area contributed by atoms with Crippen LogP contribution in [-0.2, 0) is 9.53 Å². The Kier molecular flexibility index (Phi) is 3.35. The van der Waals surface area contributed by atoms with Gasteiger partial charge in [0.25, 0.3) is 0 Å². The molecule has 2 aromatic carbocycles. The second kappa shape index (κ2) is 5.54. The molecule has 1 aliphatic heterocycles. The summed E-state index contributed by atoms with van der Waals surface area (Å²) in [5.74, 6) is 0.344. The lowest BCUT2D eigenvalue weighted by Crippen LogP contribution is -2.27. The highest BCUT2D eigenvalue weighted by molar-refractivity contribution is 6.01. The minimum atomic E-state index is -0.447. The first-order valence-electron chi connectivity index (χ1n) is 8.02. The molecule has 0 radical (unpaired) electrons. The predicted octanol–water partition coefficient (Wildman–Crippen LogP) is 3.65. The summed E-state index contributed by atoms with van der Waals surface area (Å²) in [5.41, 5.74) is 7.85. The lowest BCUT2D eigenvalue weighted by molar-refractivity contribution is -0.116. The first-order valence-corrected chi connectivity index (χ1v) is 8.02. The second-order valence-electron chi connectivity index (χ2n) is 6.11. The van der Waals surface area contributed by atoms with Gasteiger partial charge in [0.05, 0.1) is 5.92 Å². The zero-order valence-corrected chi connectivity index (χ0v) is 13.1. The van der Waals surface area contributed by atoms with Gasteiger partial charge in [0.2, 0.25) is 5.88 Å². The Morgan fingerprint density at radius 1 is 1.12 bits per heavy atom. The molecule has 0 saturated carbocycles. The monoisotopic (exact) mass is 316 g/mol. The maximum absolute atomic E-state index is 12.6. The SMILES string of the molecule is N#CC1=C(N)OC2=C(C(=O)CCC2)C1c1cccc2ccccc12. The van der Waals surface area contributed by atoms with Crippen molar-refractivity contribution in [2.75, 3.05) is 0 Å². The molecule has 1 heterocycles. The normalized spacial score (nSPS) is 20.6. The summed E-state index contributed by atoms with van der Waals surface area (Å²) in [5, 5.41) is 11.7. The number of ketones is 1. The van der Waals surface area contributed by atoms with Crippen molar-refractivity contribution in [3.63, 3.8) is 0 Å². The topological polar surface area (TPSA) is 76.1 Å². The van der Waals surface area contributed by atoms with Crippen LogP contribution in [0.4, 0.5) is 0 Å². The van der Waals surface area contributed by atoms with Gasteiger partial charge in [0.15, 0.2) is 5.78 Å². The van der Waals surface area contributed by atoms with Gasteiger partial charge < -0.3 is 10.5 Å². The lowest BCUT2D eigenvalue weighted by Gasteiger charge is -2.31. The third-order valence-corrected chi connectivity index (χ3v) is 4.74. The van der Waals surface area contributed by atoms with Crippen LogP contribution in [0.1, 0.15) is 30.7 Å². The summed E-state index contributed by atoms with van der Waals surface area (Å²) in [7, 11) is 0. The zero-order chi connectivity index (χ0) is 16.7. The smallest absolute Gasteiger partial charge is 0.205 e. The van der Waals surface area contributed by atoms with Crippen molar-refractivity contribution in [1.29, 1.82) is 5.26 Å². The summed E-state index contributed by atoms with van der Waals surface area (Å²) in [4.78, 5) is 12.6. The predicted molar refractivity (Wildman–Crippen MR) is 90.5 cm³/mol. The zero-order valence-electron chi connectivity index (χ0n) is 13.1. The van der Waals surface area contributed by atoms with E-state index in [1.807, 2.05) is 42.5 Å². The van der Waals surface area contributed by atoms with E-state index >= 15 is 0 Å². The Labute approximate surface area is 139 Å². The van der Waals surface area contributed by atoms with Gasteiger partial charge in [-0.15, -0.1) is 0 Å². The van der Waals surface area contributed by atoms with E-state index in [2.05, 4.69) is 6.07 Å². The van der Waals surface area contributed by atoms with Crippen molar-refractivity contribution in [1.82, 2.24) is 0 Å². The van der Waals surface area contributed by atoms with E-state index in [-0.39, 0.29) is 11.7 Å². The number of hydrogen-bond donors (Lipinski definition) is 1. The van der Waals surface area contributed by atoms with Crippen LogP contribution < -0.4 is 5.73 Å². The molecule has 4 rings (SSSR count). The largest absolute Gasteiger partial charge is 0.444 e. The Bertz CT molecular complexity index is 958. The average Bonchev–Trinajstić information content (AvgIpc) is 2.60. The minimum Gasteiger partial charge on any atom is -0.444 e. The summed E-state index contributed by atoms with van der Waals surface area (Å²) >= 11 is 0. The van der Waals surface area contributed by atoms with Crippen molar-refractivity contribution in [3.8, 4) is 6.07 Å². The van der Waals surface area contributed by atoms with Crippen molar-refractivity contribution >= 4 is 16.6 Å². The molecular formula is C20H16N2O2. The quantitative estimate of drug-likeness (QED) is 0.871. The molecule has 0 aromatic heterocycles. The van der Waals surface area contributed by atoms with Crippen molar-refractivity contribution in [2.24, 2.45) is 5.73 Å². The van der Waals surface area contributed by atoms with Gasteiger partial charge >= 0.3 is 0 Å². The minimum absolute atomic E-state index is 0.0504. The highest BCUT2D eigenvalue weighted by Gasteiger charge is 2.38. The Balaban J connectivity index is 2.01. The van der Waals surface area contributed by atoms with Crippen LogP contribution in [0.2, 0.25) is 0 Å². The number of Topliss-reactive ketones (excluding diaryl/α,β-unsaturated/α-hetero) is 1. The van der Waals surface area contributed by atoms with E-state index < -0.39 is 5.92 Å². The molecule has 2 aliphatic rings. The number of hydrogen-bond acceptors (Lipinski definition) is 4. The number of nitriles is 1. The van der Waals surface area contributed by atoms with Crippen LogP contribution in [0.15, 0.2) is 65.3 Å². The van der Waals surface area contributed by atoms with Gasteiger partial charge in [-0.05, 0) is 22.8 Å². The number of benzene rings is 2. The summed E-state index contributed by atoms with van der Waals surface area (Å²) in [6, 6.07) is 16.1. The Morgan fingerprint density at radius 2 is 1.92 bits per heavy atom. The molecule has 0 spiro atoms. The van der Waals surface area contributed by atoms with Crippen LogP contribution in [0.3, 0.4) is 0 Å². The van der Waals surface area contributed by atoms with E-state index in [0.717, 1.165) is 22.8 Å². The number of nitrogens with zero attached hydrogens (tertiary/aromatic N) is 1. The molecule has 0 bridgehead atoms. The number of ether oxygens (including phenoxy) is 1. The Morgan fingerprint density at radius 3 is 2.75 bits per heavy atom. The van der Waals surface area contributed by atoms with E-state index in [1.54, 1.807) is 0 Å². The molecule has 2 aromatic rings. The third kappa shape index (κ3) is 2.10. The molecule has 4 heteroatoms. The van der Waals surface area contributed by atoms with E-state index in [4.69, 9.17) is 10.5 Å². The number of carbonyl (C=O) groups is 1. The number of allylic oxidation sites excluding steroid dienone is 3. The maximum Gasteiger partial charge on any atom is 0.205 e. The number of nitrogens with two attached hydrogens (primary N) is 1. The molecule has 0 fully saturated rings. The van der Waals surface area contributed by atoms with Crippen LogP contribution in [0, 0.1) is 11.3 Å². The van der Waals surface area contributed by atoms with Gasteiger partial charge in [0.1, 0.15) is 17.4 Å². The molecule has 0 saturated heterocycles. The molecule has 1 aliphatic carbocycles. The van der Waals surface area contributed by atoms with Gasteiger partial charge in [-0.2, -0.15) is 5.26 Å². The summed E-state index contributed by atoms with van der Waals surface area (Å²) in [6.07, 6.45) is 1.93. The fraction of sp³-hybridized carbons (Fsp3) is 0.200. The fourth-order valence-electron chi connectivity index (χ4n) is 3.67. The molecule has 2 N–H and O–H groups in total. The van der Waals surface area contributed by atoms with Gasteiger partial charge in [-0.1, -0.05) is 42.5 Å². The van der Waals surface area contributed by atoms with E-state index in [9.17, 15) is 10.1 Å². The van der Waals surface area contributed by atoms with Gasteiger partial charge in [0, 0.05) is 18.4 Å². The molecule has 1 unspecified atom stereocenters. The first kappa shape index (κ1) is 14.5. The highest BCUT2D eigenvalue weighted by atomic mass is 16.5. The standard InChI is InChI=1S/C20H16N2O2/c21-11-15-18(14-8-3-6-12-5-1-2-7-13(12)14)19-16(23)9-4-10-17(19)24-20(15)22/h1-3,5-8,18H,4,9-10,22H2. The van der Waals surface area contributed by atoms with Gasteiger partial charge in [-0.25, -0.2) is 0 Å². The number of carbonyl (C=O) groups excluding carboxylic acids is 1. The fourth-order valence-corrected chi connectivity index (χ4v) is 3.67. The lowest BCUT2D eigenvalue weighted by atomic mass is 9.76. The van der Waals surface area contributed by atoms with Crippen LogP contribution in [0.25, 0.3) is 10.8 Å².